The van der Waals surface area contributed by atoms with Crippen LogP contribution in [0.1, 0.15) is 6.92 Å². The maximum absolute atomic E-state index is 5.30. The summed E-state index contributed by atoms with van der Waals surface area (Å²) in [6.07, 6.45) is 1.62. The van der Waals surface area contributed by atoms with Crippen molar-refractivity contribution >= 4 is 5.82 Å². The summed E-state index contributed by atoms with van der Waals surface area (Å²) in [5.41, 5.74) is 5.30. The van der Waals surface area contributed by atoms with E-state index in [0.29, 0.717) is 19.2 Å². The van der Waals surface area contributed by atoms with Crippen molar-refractivity contribution in [3.8, 4) is 0 Å². The van der Waals surface area contributed by atoms with E-state index in [1.807, 2.05) is 6.92 Å². The molecule has 0 aromatic carbocycles. The van der Waals surface area contributed by atoms with Gasteiger partial charge in [0.05, 0.1) is 6.20 Å². The molecule has 0 aliphatic rings. The first-order chi connectivity index (χ1) is 4.83. The lowest BCUT2D eigenvalue weighted by atomic mass is 10.8. The summed E-state index contributed by atoms with van der Waals surface area (Å²) in [5.74, 6) is 0.416. The summed E-state index contributed by atoms with van der Waals surface area (Å²) in [6, 6.07) is 0. The number of aromatic nitrogens is 3. The van der Waals surface area contributed by atoms with E-state index in [9.17, 15) is 0 Å². The van der Waals surface area contributed by atoms with Crippen LogP contribution in [0.4, 0.5) is 5.82 Å². The van der Waals surface area contributed by atoms with E-state index in [0.717, 1.165) is 0 Å². The van der Waals surface area contributed by atoms with Gasteiger partial charge in [0.25, 0.3) is 0 Å². The molecule has 0 fully saturated rings. The molecule has 0 spiro atoms. The van der Waals surface area contributed by atoms with Gasteiger partial charge in [0.15, 0.2) is 5.82 Å². The Labute approximate surface area is 58.8 Å². The smallest absolute Gasteiger partial charge is 0.166 e. The Morgan fingerprint density at radius 2 is 2.60 bits per heavy atom. The van der Waals surface area contributed by atoms with E-state index in [1.165, 1.54) is 0 Å². The highest BCUT2D eigenvalue weighted by Crippen LogP contribution is 1.91. The van der Waals surface area contributed by atoms with E-state index in [2.05, 4.69) is 10.3 Å². The Morgan fingerprint density at radius 1 is 1.80 bits per heavy atom. The van der Waals surface area contributed by atoms with Crippen LogP contribution in [0.3, 0.4) is 0 Å². The molecule has 5 nitrogen and oxygen atoms in total. The standard InChI is InChI=1S/C5H10N4O/c1-2-10-4-9-3-5(6)7-8-9/h3H,2,4,6H2,1H3. The minimum Gasteiger partial charge on any atom is -0.381 e. The minimum absolute atomic E-state index is 0.416. The zero-order valence-electron chi connectivity index (χ0n) is 5.82. The number of nitrogens with zero attached hydrogens (tertiary/aromatic N) is 3. The topological polar surface area (TPSA) is 66.0 Å². The molecule has 5 heteroatoms. The number of ether oxygens (including phenoxy) is 1. The van der Waals surface area contributed by atoms with Gasteiger partial charge >= 0.3 is 0 Å². The van der Waals surface area contributed by atoms with Crippen molar-refractivity contribution in [2.75, 3.05) is 12.3 Å². The minimum atomic E-state index is 0.416. The fourth-order valence-corrected chi connectivity index (χ4v) is 0.561. The molecule has 0 atom stereocenters. The Bertz CT molecular complexity index is 197. The molecule has 1 aromatic heterocycles. The molecule has 56 valence electrons. The van der Waals surface area contributed by atoms with Gasteiger partial charge in [-0.1, -0.05) is 5.21 Å². The van der Waals surface area contributed by atoms with E-state index < -0.39 is 0 Å². The number of nitrogens with two attached hydrogens (primary N) is 1. The molecule has 1 rings (SSSR count). The monoisotopic (exact) mass is 142 g/mol. The second-order valence-corrected chi connectivity index (χ2v) is 1.80. The maximum Gasteiger partial charge on any atom is 0.166 e. The second-order valence-electron chi connectivity index (χ2n) is 1.80. The third-order valence-corrected chi connectivity index (χ3v) is 0.984. The van der Waals surface area contributed by atoms with Crippen LogP contribution in [0.15, 0.2) is 6.20 Å². The van der Waals surface area contributed by atoms with Gasteiger partial charge in [0.2, 0.25) is 0 Å². The Morgan fingerprint density at radius 3 is 3.10 bits per heavy atom. The van der Waals surface area contributed by atoms with Crippen LogP contribution >= 0.6 is 0 Å². The lowest BCUT2D eigenvalue weighted by Crippen LogP contribution is -2.02. The fourth-order valence-electron chi connectivity index (χ4n) is 0.561. The van der Waals surface area contributed by atoms with Crippen molar-refractivity contribution < 1.29 is 4.74 Å². The van der Waals surface area contributed by atoms with Crippen LogP contribution in [0, 0.1) is 0 Å². The summed E-state index contributed by atoms with van der Waals surface area (Å²) < 4.78 is 6.58. The van der Waals surface area contributed by atoms with Gasteiger partial charge in [-0.3, -0.25) is 0 Å². The van der Waals surface area contributed by atoms with Gasteiger partial charge in [-0.05, 0) is 6.92 Å². The zero-order chi connectivity index (χ0) is 7.40. The summed E-state index contributed by atoms with van der Waals surface area (Å²) in [7, 11) is 0. The van der Waals surface area contributed by atoms with E-state index in [-0.39, 0.29) is 0 Å². The van der Waals surface area contributed by atoms with Crippen LogP contribution in [-0.2, 0) is 11.5 Å². The molecule has 0 amide bonds. The maximum atomic E-state index is 5.30. The quantitative estimate of drug-likeness (QED) is 0.637. The molecule has 0 aliphatic carbocycles. The SMILES string of the molecule is CCOCn1cc(N)nn1. The number of rotatable bonds is 3. The third-order valence-electron chi connectivity index (χ3n) is 0.984. The van der Waals surface area contributed by atoms with Crippen LogP contribution in [0.5, 0.6) is 0 Å². The van der Waals surface area contributed by atoms with Crippen molar-refractivity contribution in [2.45, 2.75) is 13.7 Å². The summed E-state index contributed by atoms with van der Waals surface area (Å²) in [5, 5.41) is 7.25. The molecule has 1 heterocycles. The van der Waals surface area contributed by atoms with E-state index in [4.69, 9.17) is 10.5 Å². The van der Waals surface area contributed by atoms with Gasteiger partial charge < -0.3 is 10.5 Å². The van der Waals surface area contributed by atoms with Gasteiger partial charge in [-0.2, -0.15) is 0 Å². The van der Waals surface area contributed by atoms with Crippen LogP contribution in [0.2, 0.25) is 0 Å². The lowest BCUT2D eigenvalue weighted by molar-refractivity contribution is 0.0778. The lowest BCUT2D eigenvalue weighted by Gasteiger charge is -1.97. The predicted octanol–water partition coefficient (Wildman–Crippen LogP) is -0.146. The Hall–Kier alpha value is -1.10. The zero-order valence-corrected chi connectivity index (χ0v) is 5.82. The number of hydrogen-bond donors (Lipinski definition) is 1. The average Bonchev–Trinajstić information content (AvgIpc) is 2.31. The van der Waals surface area contributed by atoms with Gasteiger partial charge in [0, 0.05) is 6.61 Å². The molecular weight excluding hydrogens is 132 g/mol. The van der Waals surface area contributed by atoms with Crippen LogP contribution < -0.4 is 5.73 Å². The molecule has 0 aliphatic heterocycles. The highest BCUT2D eigenvalue weighted by molar-refractivity contribution is 5.19. The van der Waals surface area contributed by atoms with Gasteiger partial charge in [-0.25, -0.2) is 4.68 Å². The second kappa shape index (κ2) is 3.17. The molecule has 0 unspecified atom stereocenters. The molecule has 2 N–H and O–H groups in total. The normalized spacial score (nSPS) is 10.1. The molecule has 0 radical (unpaired) electrons. The molecule has 0 saturated heterocycles. The average molecular weight is 142 g/mol. The first-order valence-corrected chi connectivity index (χ1v) is 3.06. The highest BCUT2D eigenvalue weighted by Gasteiger charge is 1.92. The largest absolute Gasteiger partial charge is 0.381 e. The predicted molar refractivity (Wildman–Crippen MR) is 36.1 cm³/mol. The molecular formula is C5H10N4O. The molecule has 1 aromatic rings. The van der Waals surface area contributed by atoms with Gasteiger partial charge in [0.1, 0.15) is 6.73 Å². The Balaban J connectivity index is 2.42. The molecule has 0 saturated carbocycles. The van der Waals surface area contributed by atoms with Crippen molar-refractivity contribution in [3.05, 3.63) is 6.20 Å². The fraction of sp³-hybridized carbons (Fsp3) is 0.600. The highest BCUT2D eigenvalue weighted by atomic mass is 16.5. The van der Waals surface area contributed by atoms with Crippen molar-refractivity contribution in [3.63, 3.8) is 0 Å². The van der Waals surface area contributed by atoms with Crippen LogP contribution in [0.25, 0.3) is 0 Å². The van der Waals surface area contributed by atoms with Crippen molar-refractivity contribution in [2.24, 2.45) is 0 Å². The molecule has 0 bridgehead atoms. The number of hydrogen-bond acceptors (Lipinski definition) is 4. The number of nitrogen functional groups attached to an aromatic ring is 1. The number of anilines is 1. The van der Waals surface area contributed by atoms with Crippen LogP contribution in [-0.4, -0.2) is 21.6 Å². The molecule has 10 heavy (non-hydrogen) atoms. The van der Waals surface area contributed by atoms with E-state index in [1.54, 1.807) is 10.9 Å². The first kappa shape index (κ1) is 7.01. The van der Waals surface area contributed by atoms with Crippen molar-refractivity contribution in [1.29, 1.82) is 0 Å². The van der Waals surface area contributed by atoms with Crippen molar-refractivity contribution in [1.82, 2.24) is 15.0 Å². The summed E-state index contributed by atoms with van der Waals surface area (Å²) in [4.78, 5) is 0. The summed E-state index contributed by atoms with van der Waals surface area (Å²) >= 11 is 0. The first-order valence-electron chi connectivity index (χ1n) is 3.06. The van der Waals surface area contributed by atoms with E-state index >= 15 is 0 Å². The van der Waals surface area contributed by atoms with Gasteiger partial charge in [-0.15, -0.1) is 5.10 Å². The third kappa shape index (κ3) is 1.70. The Kier molecular flexibility index (Phi) is 2.22. The summed E-state index contributed by atoms with van der Waals surface area (Å²) in [6.45, 7) is 3.00.